The maximum Gasteiger partial charge on any atom is 0.241 e. The Morgan fingerprint density at radius 3 is 2.30 bits per heavy atom. The summed E-state index contributed by atoms with van der Waals surface area (Å²) in [6.45, 7) is 4.86. The molecular weight excluding hydrogens is 345 g/mol. The molecule has 0 N–H and O–H groups in total. The van der Waals surface area contributed by atoms with E-state index in [0.717, 1.165) is 22.4 Å². The number of aromatic nitrogens is 4. The van der Waals surface area contributed by atoms with Gasteiger partial charge < -0.3 is 0 Å². The van der Waals surface area contributed by atoms with Gasteiger partial charge in [-0.2, -0.15) is 0 Å². The van der Waals surface area contributed by atoms with Crippen molar-refractivity contribution >= 4 is 17.3 Å². The minimum atomic E-state index is -0.742. The minimum Gasteiger partial charge on any atom is -0.277 e. The number of halogens is 1. The SMILES string of the molecule is Cc1ncc(-c2ccc3c(c2)N(c2cnc(CF)nc2)C(=O)C3(C)C)cn1. The van der Waals surface area contributed by atoms with Gasteiger partial charge in [-0.25, -0.2) is 24.3 Å². The second-order valence-electron chi connectivity index (χ2n) is 7.01. The second kappa shape index (κ2) is 6.19. The maximum atomic E-state index is 13.1. The molecule has 0 radical (unpaired) electrons. The lowest BCUT2D eigenvalue weighted by molar-refractivity contribution is -0.121. The van der Waals surface area contributed by atoms with E-state index in [1.165, 1.54) is 12.4 Å². The molecule has 1 aliphatic heterocycles. The Morgan fingerprint density at radius 2 is 1.67 bits per heavy atom. The number of hydrogen-bond donors (Lipinski definition) is 0. The van der Waals surface area contributed by atoms with Gasteiger partial charge in [0, 0.05) is 18.0 Å². The fraction of sp³-hybridized carbons (Fsp3) is 0.250. The van der Waals surface area contributed by atoms with Gasteiger partial charge in [0.1, 0.15) is 12.5 Å². The van der Waals surface area contributed by atoms with Crippen LogP contribution < -0.4 is 4.90 Å². The highest BCUT2D eigenvalue weighted by Gasteiger charge is 2.44. The summed E-state index contributed by atoms with van der Waals surface area (Å²) < 4.78 is 12.7. The van der Waals surface area contributed by atoms with Crippen LogP contribution in [0.2, 0.25) is 0 Å². The monoisotopic (exact) mass is 363 g/mol. The molecule has 0 bridgehead atoms. The van der Waals surface area contributed by atoms with Crippen LogP contribution in [0, 0.1) is 6.92 Å². The molecule has 0 aliphatic carbocycles. The van der Waals surface area contributed by atoms with Crippen LogP contribution in [-0.2, 0) is 16.9 Å². The van der Waals surface area contributed by atoms with E-state index in [9.17, 15) is 9.18 Å². The standard InChI is InChI=1S/C20H18FN5O/c1-12-22-8-14(9-23-12)13-4-5-16-17(6-13)26(19(27)20(16,2)3)15-10-24-18(7-21)25-11-15/h4-6,8-11H,7H2,1-3H3. The maximum absolute atomic E-state index is 13.1. The van der Waals surface area contributed by atoms with E-state index in [1.54, 1.807) is 17.3 Å². The van der Waals surface area contributed by atoms with Crippen LogP contribution in [0.4, 0.5) is 15.8 Å². The highest BCUT2D eigenvalue weighted by molar-refractivity contribution is 6.12. The van der Waals surface area contributed by atoms with Gasteiger partial charge in [0.05, 0.1) is 29.2 Å². The summed E-state index contributed by atoms with van der Waals surface area (Å²) in [6.07, 6.45) is 6.48. The Morgan fingerprint density at radius 1 is 1.00 bits per heavy atom. The highest BCUT2D eigenvalue weighted by Crippen LogP contribution is 2.46. The molecule has 27 heavy (non-hydrogen) atoms. The number of fused-ring (bicyclic) bond motifs is 1. The van der Waals surface area contributed by atoms with E-state index in [-0.39, 0.29) is 11.7 Å². The zero-order valence-electron chi connectivity index (χ0n) is 15.3. The van der Waals surface area contributed by atoms with E-state index in [2.05, 4.69) is 19.9 Å². The summed E-state index contributed by atoms with van der Waals surface area (Å²) >= 11 is 0. The normalized spacial score (nSPS) is 15.1. The van der Waals surface area contributed by atoms with Crippen molar-refractivity contribution in [1.29, 1.82) is 0 Å². The average molecular weight is 363 g/mol. The first kappa shape index (κ1) is 17.2. The van der Waals surface area contributed by atoms with Crippen molar-refractivity contribution in [2.24, 2.45) is 0 Å². The number of carbonyl (C=O) groups excluding carboxylic acids is 1. The summed E-state index contributed by atoms with van der Waals surface area (Å²) in [7, 11) is 0. The highest BCUT2D eigenvalue weighted by atomic mass is 19.1. The van der Waals surface area contributed by atoms with Gasteiger partial charge in [-0.3, -0.25) is 9.69 Å². The minimum absolute atomic E-state index is 0.0774. The summed E-state index contributed by atoms with van der Waals surface area (Å²) in [5, 5.41) is 0. The van der Waals surface area contributed by atoms with E-state index >= 15 is 0 Å². The lowest BCUT2D eigenvalue weighted by atomic mass is 9.85. The number of anilines is 2. The lowest BCUT2D eigenvalue weighted by Gasteiger charge is -2.20. The molecule has 0 spiro atoms. The summed E-state index contributed by atoms with van der Waals surface area (Å²) in [4.78, 5) is 31.2. The molecule has 0 fully saturated rings. The number of amides is 1. The van der Waals surface area contributed by atoms with Crippen molar-refractivity contribution in [2.75, 3.05) is 4.90 Å². The number of aryl methyl sites for hydroxylation is 1. The van der Waals surface area contributed by atoms with Gasteiger partial charge in [-0.05, 0) is 38.0 Å². The number of hydrogen-bond acceptors (Lipinski definition) is 5. The summed E-state index contributed by atoms with van der Waals surface area (Å²) in [6, 6.07) is 5.87. The molecule has 1 amide bonds. The van der Waals surface area contributed by atoms with Crippen molar-refractivity contribution in [2.45, 2.75) is 32.9 Å². The molecule has 136 valence electrons. The number of alkyl halides is 1. The zero-order chi connectivity index (χ0) is 19.2. The fourth-order valence-electron chi connectivity index (χ4n) is 3.26. The second-order valence-corrected chi connectivity index (χ2v) is 7.01. The molecule has 6 nitrogen and oxygen atoms in total. The first-order chi connectivity index (χ1) is 12.9. The molecule has 0 saturated heterocycles. The van der Waals surface area contributed by atoms with Gasteiger partial charge >= 0.3 is 0 Å². The third kappa shape index (κ3) is 2.75. The number of nitrogens with zero attached hydrogens (tertiary/aromatic N) is 5. The van der Waals surface area contributed by atoms with Gasteiger partial charge in [0.25, 0.3) is 0 Å². The van der Waals surface area contributed by atoms with Crippen molar-refractivity contribution in [3.63, 3.8) is 0 Å². The van der Waals surface area contributed by atoms with Crippen molar-refractivity contribution in [3.8, 4) is 11.1 Å². The first-order valence-electron chi connectivity index (χ1n) is 8.57. The van der Waals surface area contributed by atoms with Crippen molar-refractivity contribution < 1.29 is 9.18 Å². The van der Waals surface area contributed by atoms with Gasteiger partial charge in [-0.15, -0.1) is 0 Å². The predicted octanol–water partition coefficient (Wildman–Crippen LogP) is 3.67. The molecule has 4 rings (SSSR count). The number of carbonyl (C=O) groups is 1. The Bertz CT molecular complexity index is 1020. The molecule has 3 heterocycles. The topological polar surface area (TPSA) is 71.9 Å². The molecule has 3 aromatic rings. The third-order valence-corrected chi connectivity index (χ3v) is 4.83. The molecule has 0 unspecified atom stereocenters. The van der Waals surface area contributed by atoms with E-state index in [4.69, 9.17) is 0 Å². The molecular formula is C20H18FN5O. The van der Waals surface area contributed by atoms with E-state index in [1.807, 2.05) is 39.0 Å². The van der Waals surface area contributed by atoms with Crippen LogP contribution in [0.25, 0.3) is 11.1 Å². The van der Waals surface area contributed by atoms with Crippen LogP contribution in [0.15, 0.2) is 43.0 Å². The largest absolute Gasteiger partial charge is 0.277 e. The smallest absolute Gasteiger partial charge is 0.241 e. The van der Waals surface area contributed by atoms with E-state index in [0.29, 0.717) is 11.5 Å². The molecule has 7 heteroatoms. The predicted molar refractivity (Wildman–Crippen MR) is 99.2 cm³/mol. The zero-order valence-corrected chi connectivity index (χ0v) is 15.3. The van der Waals surface area contributed by atoms with Gasteiger partial charge in [0.2, 0.25) is 5.91 Å². The quantitative estimate of drug-likeness (QED) is 0.710. The van der Waals surface area contributed by atoms with Crippen LogP contribution in [0.5, 0.6) is 0 Å². The lowest BCUT2D eigenvalue weighted by Crippen LogP contribution is -2.33. The van der Waals surface area contributed by atoms with Crippen LogP contribution >= 0.6 is 0 Å². The Kier molecular flexibility index (Phi) is 3.95. The van der Waals surface area contributed by atoms with Crippen LogP contribution in [-0.4, -0.2) is 25.8 Å². The first-order valence-corrected chi connectivity index (χ1v) is 8.57. The average Bonchev–Trinajstić information content (AvgIpc) is 2.88. The van der Waals surface area contributed by atoms with Crippen LogP contribution in [0.1, 0.15) is 31.1 Å². The molecule has 2 aromatic heterocycles. The van der Waals surface area contributed by atoms with E-state index < -0.39 is 12.1 Å². The van der Waals surface area contributed by atoms with Gasteiger partial charge in [0.15, 0.2) is 5.82 Å². The fourth-order valence-corrected chi connectivity index (χ4v) is 3.26. The summed E-state index contributed by atoms with van der Waals surface area (Å²) in [5.41, 5.74) is 3.28. The third-order valence-electron chi connectivity index (χ3n) is 4.83. The Balaban J connectivity index is 1.84. The summed E-state index contributed by atoms with van der Waals surface area (Å²) in [5.74, 6) is 0.713. The Labute approximate surface area is 156 Å². The Hall–Kier alpha value is -3.22. The molecule has 1 aromatic carbocycles. The van der Waals surface area contributed by atoms with Crippen LogP contribution in [0.3, 0.4) is 0 Å². The van der Waals surface area contributed by atoms with Crippen molar-refractivity contribution in [1.82, 2.24) is 19.9 Å². The van der Waals surface area contributed by atoms with Gasteiger partial charge in [-0.1, -0.05) is 12.1 Å². The molecule has 0 saturated carbocycles. The molecule has 1 aliphatic rings. The number of rotatable bonds is 3. The van der Waals surface area contributed by atoms with Crippen molar-refractivity contribution in [3.05, 3.63) is 60.2 Å². The molecule has 0 atom stereocenters. The number of benzene rings is 1.